The Labute approximate surface area is 163 Å². The van der Waals surface area contributed by atoms with E-state index in [9.17, 15) is 13.2 Å². The average molecular weight is 474 g/mol. The highest BCUT2D eigenvalue weighted by Crippen LogP contribution is 2.27. The summed E-state index contributed by atoms with van der Waals surface area (Å²) in [6.45, 7) is 8.54. The van der Waals surface area contributed by atoms with Crippen LogP contribution in [0.2, 0.25) is 0 Å². The zero-order valence-electron chi connectivity index (χ0n) is 14.7. The van der Waals surface area contributed by atoms with E-state index in [0.717, 1.165) is 31.8 Å². The predicted molar refractivity (Wildman–Crippen MR) is 104 cm³/mol. The van der Waals surface area contributed by atoms with Crippen molar-refractivity contribution in [1.29, 1.82) is 0 Å². The van der Waals surface area contributed by atoms with Gasteiger partial charge in [-0.15, -0.1) is 24.0 Å². The second-order valence-corrected chi connectivity index (χ2v) is 5.56. The summed E-state index contributed by atoms with van der Waals surface area (Å²) < 4.78 is 37.7. The number of nitrogens with one attached hydrogen (secondary N) is 3. The second kappa shape index (κ2) is 12.1. The first kappa shape index (κ1) is 23.7. The first-order chi connectivity index (χ1) is 11.3. The van der Waals surface area contributed by atoms with Gasteiger partial charge in [0.05, 0.1) is 0 Å². The summed E-state index contributed by atoms with van der Waals surface area (Å²) in [6, 6.07) is 0.841. The number of hydrogen-bond donors (Lipinski definition) is 3. The van der Waals surface area contributed by atoms with E-state index < -0.39 is 11.9 Å². The monoisotopic (exact) mass is 474 g/mol. The first-order valence-corrected chi connectivity index (χ1v) is 7.99. The second-order valence-electron chi connectivity index (χ2n) is 5.56. The summed E-state index contributed by atoms with van der Waals surface area (Å²) in [5.41, 5.74) is -0.962. The molecule has 0 aromatic carbocycles. The van der Waals surface area contributed by atoms with Gasteiger partial charge in [0.25, 0.3) is 0 Å². The molecule has 10 heteroatoms. The third-order valence-electron chi connectivity index (χ3n) is 2.97. The lowest BCUT2D eigenvalue weighted by molar-refractivity contribution is -0.141. The van der Waals surface area contributed by atoms with Crippen molar-refractivity contribution in [2.45, 2.75) is 33.4 Å². The SMILES string of the molecule is CCNC(=NCCC(C)C)NCCNc1nccc(C(F)(F)F)n1.I. The molecule has 0 bridgehead atoms. The topological polar surface area (TPSA) is 74.2 Å². The van der Waals surface area contributed by atoms with E-state index in [0.29, 0.717) is 25.0 Å². The lowest BCUT2D eigenvalue weighted by Crippen LogP contribution is -2.39. The van der Waals surface area contributed by atoms with Crippen LogP contribution in [0.1, 0.15) is 32.9 Å². The molecule has 0 saturated heterocycles. The Kier molecular flexibility index (Phi) is 11.4. The molecule has 0 spiro atoms. The molecule has 0 atom stereocenters. The minimum Gasteiger partial charge on any atom is -0.357 e. The number of hydrogen-bond acceptors (Lipinski definition) is 4. The van der Waals surface area contributed by atoms with Crippen LogP contribution in [0.25, 0.3) is 0 Å². The van der Waals surface area contributed by atoms with E-state index in [4.69, 9.17) is 0 Å². The minimum absolute atomic E-state index is 0. The molecule has 0 aliphatic heterocycles. The number of alkyl halides is 3. The number of anilines is 1. The Bertz CT molecular complexity index is 522. The van der Waals surface area contributed by atoms with Gasteiger partial charge in [-0.3, -0.25) is 4.99 Å². The molecule has 0 amide bonds. The fourth-order valence-electron chi connectivity index (χ4n) is 1.73. The van der Waals surface area contributed by atoms with Gasteiger partial charge < -0.3 is 16.0 Å². The zero-order valence-corrected chi connectivity index (χ0v) is 17.0. The van der Waals surface area contributed by atoms with Crippen LogP contribution in [0, 0.1) is 5.92 Å². The normalized spacial score (nSPS) is 11.9. The molecule has 0 radical (unpaired) electrons. The molecular weight excluding hydrogens is 448 g/mol. The molecule has 0 saturated carbocycles. The summed E-state index contributed by atoms with van der Waals surface area (Å²) >= 11 is 0. The van der Waals surface area contributed by atoms with Crippen molar-refractivity contribution in [2.75, 3.05) is 31.5 Å². The molecule has 0 aliphatic rings. The smallest absolute Gasteiger partial charge is 0.357 e. The third kappa shape index (κ3) is 10.3. The number of aliphatic imine (C=N–C) groups is 1. The van der Waals surface area contributed by atoms with Gasteiger partial charge in [-0.05, 0) is 25.3 Å². The molecule has 0 unspecified atom stereocenters. The van der Waals surface area contributed by atoms with E-state index in [2.05, 4.69) is 44.8 Å². The molecule has 0 fully saturated rings. The highest BCUT2D eigenvalue weighted by atomic mass is 127. The van der Waals surface area contributed by atoms with Crippen LogP contribution in [0.4, 0.5) is 19.1 Å². The van der Waals surface area contributed by atoms with Crippen molar-refractivity contribution in [2.24, 2.45) is 10.9 Å². The molecule has 3 N–H and O–H groups in total. The largest absolute Gasteiger partial charge is 0.433 e. The molecule has 6 nitrogen and oxygen atoms in total. The van der Waals surface area contributed by atoms with Crippen LogP contribution < -0.4 is 16.0 Å². The highest BCUT2D eigenvalue weighted by molar-refractivity contribution is 14.0. The molecule has 0 aliphatic carbocycles. The van der Waals surface area contributed by atoms with Crippen LogP contribution in [0.3, 0.4) is 0 Å². The number of aromatic nitrogens is 2. The molecule has 1 rings (SSSR count). The van der Waals surface area contributed by atoms with Crippen molar-refractivity contribution in [3.8, 4) is 0 Å². The fourth-order valence-corrected chi connectivity index (χ4v) is 1.73. The Morgan fingerprint density at radius 2 is 1.96 bits per heavy atom. The van der Waals surface area contributed by atoms with Crippen LogP contribution >= 0.6 is 24.0 Å². The van der Waals surface area contributed by atoms with Crippen molar-refractivity contribution in [3.05, 3.63) is 18.0 Å². The lowest BCUT2D eigenvalue weighted by atomic mass is 10.1. The number of rotatable bonds is 8. The van der Waals surface area contributed by atoms with Crippen molar-refractivity contribution in [1.82, 2.24) is 20.6 Å². The maximum atomic E-state index is 12.6. The van der Waals surface area contributed by atoms with Gasteiger partial charge in [0.1, 0.15) is 5.69 Å². The third-order valence-corrected chi connectivity index (χ3v) is 2.97. The maximum absolute atomic E-state index is 12.6. The predicted octanol–water partition coefficient (Wildman–Crippen LogP) is 3.13. The van der Waals surface area contributed by atoms with Crippen LogP contribution in [0.15, 0.2) is 17.3 Å². The van der Waals surface area contributed by atoms with E-state index in [1.807, 2.05) is 6.92 Å². The van der Waals surface area contributed by atoms with Crippen molar-refractivity contribution < 1.29 is 13.2 Å². The molecule has 25 heavy (non-hydrogen) atoms. The highest BCUT2D eigenvalue weighted by Gasteiger charge is 2.32. The van der Waals surface area contributed by atoms with Crippen LogP contribution in [-0.2, 0) is 6.18 Å². The quantitative estimate of drug-likeness (QED) is 0.234. The molecular formula is C15H26F3IN6. The maximum Gasteiger partial charge on any atom is 0.433 e. The van der Waals surface area contributed by atoms with E-state index in [1.165, 1.54) is 0 Å². The van der Waals surface area contributed by atoms with Crippen LogP contribution in [0.5, 0.6) is 0 Å². The summed E-state index contributed by atoms with van der Waals surface area (Å²) in [7, 11) is 0. The minimum atomic E-state index is -4.47. The first-order valence-electron chi connectivity index (χ1n) is 7.99. The average Bonchev–Trinajstić information content (AvgIpc) is 2.50. The van der Waals surface area contributed by atoms with E-state index in [-0.39, 0.29) is 29.9 Å². The summed E-state index contributed by atoms with van der Waals surface area (Å²) in [5, 5.41) is 8.98. The Morgan fingerprint density at radius 3 is 2.56 bits per heavy atom. The van der Waals surface area contributed by atoms with Gasteiger partial charge in [0, 0.05) is 32.4 Å². The van der Waals surface area contributed by atoms with Crippen molar-refractivity contribution in [3.63, 3.8) is 0 Å². The Balaban J connectivity index is 0.00000576. The van der Waals surface area contributed by atoms with E-state index in [1.54, 1.807) is 0 Å². The Hall–Kier alpha value is -1.33. The zero-order chi connectivity index (χ0) is 18.0. The summed E-state index contributed by atoms with van der Waals surface area (Å²) in [6.07, 6.45) is -2.39. The molecule has 144 valence electrons. The van der Waals surface area contributed by atoms with Gasteiger partial charge in [-0.1, -0.05) is 13.8 Å². The lowest BCUT2D eigenvalue weighted by Gasteiger charge is -2.12. The summed E-state index contributed by atoms with van der Waals surface area (Å²) in [4.78, 5) is 11.7. The van der Waals surface area contributed by atoms with Gasteiger partial charge in [0.15, 0.2) is 5.96 Å². The standard InChI is InChI=1S/C15H25F3N6.HI/c1-4-19-13(20-7-5-11(2)3)22-9-10-23-14-21-8-6-12(24-14)15(16,17)18;/h6,8,11H,4-5,7,9-10H2,1-3H3,(H2,19,20,22)(H,21,23,24);1H. The molecule has 1 aromatic heterocycles. The van der Waals surface area contributed by atoms with Gasteiger partial charge in [-0.2, -0.15) is 13.2 Å². The fraction of sp³-hybridized carbons (Fsp3) is 0.667. The number of halogens is 4. The number of nitrogens with zero attached hydrogens (tertiary/aromatic N) is 3. The number of guanidine groups is 1. The Morgan fingerprint density at radius 1 is 1.24 bits per heavy atom. The van der Waals surface area contributed by atoms with Gasteiger partial charge in [0.2, 0.25) is 5.95 Å². The van der Waals surface area contributed by atoms with Gasteiger partial charge in [-0.25, -0.2) is 9.97 Å². The van der Waals surface area contributed by atoms with Gasteiger partial charge >= 0.3 is 6.18 Å². The summed E-state index contributed by atoms with van der Waals surface area (Å²) in [5.74, 6) is 1.22. The van der Waals surface area contributed by atoms with E-state index >= 15 is 0 Å². The van der Waals surface area contributed by atoms with Crippen LogP contribution in [-0.4, -0.2) is 42.1 Å². The van der Waals surface area contributed by atoms with Crippen molar-refractivity contribution >= 4 is 35.9 Å². The molecule has 1 heterocycles. The molecule has 1 aromatic rings.